The number of fused-ring (bicyclic) bond motifs is 1. The molecule has 1 aromatic heterocycles. The van der Waals surface area contributed by atoms with Crippen molar-refractivity contribution in [1.82, 2.24) is 20.4 Å². The van der Waals surface area contributed by atoms with E-state index in [9.17, 15) is 18.0 Å². The zero-order valence-corrected chi connectivity index (χ0v) is 19.4. The fourth-order valence-corrected chi connectivity index (χ4v) is 4.65. The van der Waals surface area contributed by atoms with Crippen LogP contribution in [-0.4, -0.2) is 36.8 Å². The van der Waals surface area contributed by atoms with Gasteiger partial charge in [0, 0.05) is 19.7 Å². The highest BCUT2D eigenvalue weighted by atomic mass is 32.2. The molecule has 9 nitrogen and oxygen atoms in total. The topological polar surface area (TPSA) is 113 Å². The second-order valence-corrected chi connectivity index (χ2v) is 9.56. The number of aryl methyl sites for hydroxylation is 1. The van der Waals surface area contributed by atoms with Gasteiger partial charge in [-0.1, -0.05) is 30.3 Å². The first kappa shape index (κ1) is 23.0. The highest BCUT2D eigenvalue weighted by molar-refractivity contribution is 7.92. The molecule has 0 aliphatic carbocycles. The highest BCUT2D eigenvalue weighted by Gasteiger charge is 2.21. The van der Waals surface area contributed by atoms with Crippen LogP contribution in [0.4, 0.5) is 5.69 Å². The quantitative estimate of drug-likeness (QED) is 0.414. The van der Waals surface area contributed by atoms with Crippen molar-refractivity contribution in [2.45, 2.75) is 11.3 Å². The number of hydrazine groups is 1. The predicted molar refractivity (Wildman–Crippen MR) is 128 cm³/mol. The van der Waals surface area contributed by atoms with E-state index in [2.05, 4.69) is 15.8 Å². The van der Waals surface area contributed by atoms with Crippen LogP contribution < -0.4 is 15.2 Å². The summed E-state index contributed by atoms with van der Waals surface area (Å²) in [6.07, 6.45) is -0.0194. The van der Waals surface area contributed by atoms with Crippen molar-refractivity contribution in [3.8, 4) is 0 Å². The molecule has 2 amide bonds. The standard InChI is InChI=1S/C24H23N5O4S/c1-28-21-11-7-6-10-20(21)25-22(28)16-23(30)26-27-24(31)17-12-14-19(15-13-17)34(32,33)29(2)18-8-4-3-5-9-18/h3-15H,16H2,1-2H3,(H,26,30)(H,27,31). The van der Waals surface area contributed by atoms with Gasteiger partial charge in [-0.05, 0) is 48.5 Å². The molecule has 0 fully saturated rings. The molecule has 0 spiro atoms. The maximum atomic E-state index is 12.9. The van der Waals surface area contributed by atoms with Gasteiger partial charge in [-0.15, -0.1) is 0 Å². The number of nitrogens with one attached hydrogen (secondary N) is 2. The van der Waals surface area contributed by atoms with E-state index in [1.165, 1.54) is 35.6 Å². The number of para-hydroxylation sites is 3. The monoisotopic (exact) mass is 477 g/mol. The summed E-state index contributed by atoms with van der Waals surface area (Å²) in [5.74, 6) is -0.445. The molecule has 0 saturated heterocycles. The molecule has 4 aromatic rings. The van der Waals surface area contributed by atoms with E-state index in [1.807, 2.05) is 35.9 Å². The zero-order valence-electron chi connectivity index (χ0n) is 18.6. The summed E-state index contributed by atoms with van der Waals surface area (Å²) in [6.45, 7) is 0. The SMILES string of the molecule is CN(c1ccccc1)S(=O)(=O)c1ccc(C(=O)NNC(=O)Cc2nc3ccccc3n2C)cc1. The van der Waals surface area contributed by atoms with Crippen LogP contribution in [0.2, 0.25) is 0 Å². The smallest absolute Gasteiger partial charge is 0.269 e. The van der Waals surface area contributed by atoms with E-state index in [-0.39, 0.29) is 16.9 Å². The number of imidazole rings is 1. The number of sulfonamides is 1. The van der Waals surface area contributed by atoms with Crippen molar-refractivity contribution in [3.63, 3.8) is 0 Å². The van der Waals surface area contributed by atoms with Crippen LogP contribution in [0.5, 0.6) is 0 Å². The van der Waals surface area contributed by atoms with Gasteiger partial charge in [-0.25, -0.2) is 13.4 Å². The minimum atomic E-state index is -3.79. The lowest BCUT2D eigenvalue weighted by atomic mass is 10.2. The van der Waals surface area contributed by atoms with E-state index >= 15 is 0 Å². The third-order valence-corrected chi connectivity index (χ3v) is 7.21. The van der Waals surface area contributed by atoms with Crippen molar-refractivity contribution in [3.05, 3.63) is 90.3 Å². The molecule has 1 heterocycles. The number of carbonyl (C=O) groups excluding carboxylic acids is 2. The molecular weight excluding hydrogens is 454 g/mol. The number of amides is 2. The summed E-state index contributed by atoms with van der Waals surface area (Å²) >= 11 is 0. The van der Waals surface area contributed by atoms with Crippen molar-refractivity contribution < 1.29 is 18.0 Å². The van der Waals surface area contributed by atoms with Crippen LogP contribution in [-0.2, 0) is 28.3 Å². The average molecular weight is 478 g/mol. The number of aromatic nitrogens is 2. The third kappa shape index (κ3) is 4.62. The molecule has 4 rings (SSSR count). The molecule has 0 atom stereocenters. The lowest BCUT2D eigenvalue weighted by molar-refractivity contribution is -0.121. The van der Waals surface area contributed by atoms with E-state index in [0.717, 1.165) is 11.0 Å². The Morgan fingerprint density at radius 1 is 0.912 bits per heavy atom. The molecular formula is C24H23N5O4S. The number of hydrogen-bond acceptors (Lipinski definition) is 5. The number of hydrogen-bond donors (Lipinski definition) is 2. The van der Waals surface area contributed by atoms with E-state index in [1.54, 1.807) is 30.3 Å². The van der Waals surface area contributed by atoms with Gasteiger partial charge in [-0.3, -0.25) is 24.7 Å². The van der Waals surface area contributed by atoms with Gasteiger partial charge in [0.05, 0.1) is 28.0 Å². The Balaban J connectivity index is 1.38. The van der Waals surface area contributed by atoms with Crippen molar-refractivity contribution >= 4 is 38.6 Å². The number of benzene rings is 3. The first-order valence-corrected chi connectivity index (χ1v) is 11.8. The number of nitrogens with zero attached hydrogens (tertiary/aromatic N) is 3. The molecule has 0 radical (unpaired) electrons. The van der Waals surface area contributed by atoms with Crippen LogP contribution in [0.3, 0.4) is 0 Å². The maximum absolute atomic E-state index is 12.9. The Kier molecular flexibility index (Phi) is 6.33. The van der Waals surface area contributed by atoms with Crippen molar-refractivity contribution in [2.75, 3.05) is 11.4 Å². The molecule has 10 heteroatoms. The van der Waals surface area contributed by atoms with Crippen molar-refractivity contribution in [1.29, 1.82) is 0 Å². The van der Waals surface area contributed by atoms with Crippen LogP contribution in [0, 0.1) is 0 Å². The molecule has 0 unspecified atom stereocenters. The van der Waals surface area contributed by atoms with E-state index in [4.69, 9.17) is 0 Å². The fourth-order valence-electron chi connectivity index (χ4n) is 3.45. The molecule has 0 aliphatic heterocycles. The van der Waals surface area contributed by atoms with Crippen LogP contribution in [0.15, 0.2) is 83.8 Å². The normalized spacial score (nSPS) is 11.2. The molecule has 174 valence electrons. The van der Waals surface area contributed by atoms with Crippen LogP contribution in [0.1, 0.15) is 16.2 Å². The number of carbonyl (C=O) groups is 2. The summed E-state index contributed by atoms with van der Waals surface area (Å²) in [5, 5.41) is 0. The lowest BCUT2D eigenvalue weighted by Gasteiger charge is -2.19. The minimum absolute atomic E-state index is 0.0194. The molecule has 0 aliphatic rings. The largest absolute Gasteiger partial charge is 0.331 e. The van der Waals surface area contributed by atoms with Gasteiger partial charge in [0.2, 0.25) is 5.91 Å². The minimum Gasteiger partial charge on any atom is -0.331 e. The third-order valence-electron chi connectivity index (χ3n) is 5.41. The Labute approximate surface area is 197 Å². The lowest BCUT2D eigenvalue weighted by Crippen LogP contribution is -2.42. The summed E-state index contributed by atoms with van der Waals surface area (Å²) in [5.41, 5.74) is 7.12. The Morgan fingerprint density at radius 3 is 2.24 bits per heavy atom. The molecule has 2 N–H and O–H groups in total. The Morgan fingerprint density at radius 2 is 1.56 bits per heavy atom. The highest BCUT2D eigenvalue weighted by Crippen LogP contribution is 2.22. The molecule has 34 heavy (non-hydrogen) atoms. The molecule has 0 bridgehead atoms. The van der Waals surface area contributed by atoms with Gasteiger partial charge >= 0.3 is 0 Å². The average Bonchev–Trinajstić information content (AvgIpc) is 3.17. The molecule has 3 aromatic carbocycles. The summed E-state index contributed by atoms with van der Waals surface area (Å²) in [6, 6.07) is 21.7. The number of anilines is 1. The predicted octanol–water partition coefficient (Wildman–Crippen LogP) is 2.40. The van der Waals surface area contributed by atoms with Gasteiger partial charge in [0.15, 0.2) is 0 Å². The van der Waals surface area contributed by atoms with Gasteiger partial charge in [-0.2, -0.15) is 0 Å². The Bertz CT molecular complexity index is 1450. The van der Waals surface area contributed by atoms with Gasteiger partial charge in [0.1, 0.15) is 5.82 Å². The summed E-state index contributed by atoms with van der Waals surface area (Å²) in [4.78, 5) is 29.2. The van der Waals surface area contributed by atoms with Crippen LogP contribution >= 0.6 is 0 Å². The van der Waals surface area contributed by atoms with E-state index < -0.39 is 21.8 Å². The zero-order chi connectivity index (χ0) is 24.3. The van der Waals surface area contributed by atoms with Crippen LogP contribution in [0.25, 0.3) is 11.0 Å². The fraction of sp³-hybridized carbons (Fsp3) is 0.125. The second kappa shape index (κ2) is 9.36. The first-order valence-electron chi connectivity index (χ1n) is 10.4. The van der Waals surface area contributed by atoms with Gasteiger partial charge in [0.25, 0.3) is 15.9 Å². The van der Waals surface area contributed by atoms with E-state index in [0.29, 0.717) is 11.5 Å². The summed E-state index contributed by atoms with van der Waals surface area (Å²) < 4.78 is 28.7. The number of rotatable bonds is 6. The Hall–Kier alpha value is -4.18. The summed E-state index contributed by atoms with van der Waals surface area (Å²) in [7, 11) is -0.503. The first-order chi connectivity index (χ1) is 16.3. The maximum Gasteiger partial charge on any atom is 0.269 e. The van der Waals surface area contributed by atoms with Gasteiger partial charge < -0.3 is 4.57 Å². The van der Waals surface area contributed by atoms with Crippen molar-refractivity contribution in [2.24, 2.45) is 7.05 Å². The molecule has 0 saturated carbocycles. The second-order valence-electron chi connectivity index (χ2n) is 7.59.